The van der Waals surface area contributed by atoms with Gasteiger partial charge in [-0.3, -0.25) is 0 Å². The molecule has 1 spiro atoms. The fourth-order valence-electron chi connectivity index (χ4n) is 12.8. The minimum atomic E-state index is -3.45. The Balaban J connectivity index is 0.915. The van der Waals surface area contributed by atoms with Crippen LogP contribution in [0.5, 0.6) is 0 Å². The number of para-hydroxylation sites is 4. The van der Waals surface area contributed by atoms with Crippen LogP contribution in [0.1, 0.15) is 22.3 Å². The summed E-state index contributed by atoms with van der Waals surface area (Å²) in [4.78, 5) is 2.34. The van der Waals surface area contributed by atoms with E-state index in [0.717, 1.165) is 76.3 Å². The molecule has 0 amide bonds. The van der Waals surface area contributed by atoms with Gasteiger partial charge in [-0.1, -0.05) is 176 Å². The minimum Gasteiger partial charge on any atom is -0.456 e. The highest BCUT2D eigenvalue weighted by atomic mass is 32.2. The van der Waals surface area contributed by atoms with Gasteiger partial charge in [-0.15, -0.1) is 0 Å². The fraction of sp³-hybridized carbons (Fsp3) is 0.0149. The molecule has 14 aromatic rings. The monoisotopic (exact) mass is 968 g/mol. The van der Waals surface area contributed by atoms with E-state index in [1.54, 1.807) is 0 Å². The lowest BCUT2D eigenvalue weighted by molar-refractivity contribution is 0.589. The normalized spacial score (nSPS) is 16.9. The van der Waals surface area contributed by atoms with Crippen LogP contribution in [0.3, 0.4) is 0 Å². The summed E-state index contributed by atoms with van der Waals surface area (Å²) in [6, 6.07) is 89.3. The smallest absolute Gasteiger partial charge is 0.171 e. The molecule has 0 bridgehead atoms. The van der Waals surface area contributed by atoms with Crippen LogP contribution in [0, 0.1) is 0 Å². The topological polar surface area (TPSA) is 40.1 Å². The SMILES string of the molecule is O=P1(c2ccccc2)c2ccccc2C2(c3ccccc3Sc3cc(-n4c5ccccc5c5cc(-c6ccc7c(c6)c6ccccc6n7-c6ccccc6)ccc54)ccc32)c2cc3c(cc21)oc1ccccc13. The number of nitrogens with zero attached hydrogens (tertiary/aromatic N) is 2. The zero-order chi connectivity index (χ0) is 48.0. The van der Waals surface area contributed by atoms with Crippen molar-refractivity contribution in [1.82, 2.24) is 9.13 Å². The van der Waals surface area contributed by atoms with Crippen LogP contribution in [0.25, 0.3) is 88.1 Å². The van der Waals surface area contributed by atoms with Crippen LogP contribution in [0.15, 0.2) is 263 Å². The number of benzene rings is 11. The summed E-state index contributed by atoms with van der Waals surface area (Å²) in [6.07, 6.45) is 0. The summed E-state index contributed by atoms with van der Waals surface area (Å²) in [7, 11) is -3.45. The summed E-state index contributed by atoms with van der Waals surface area (Å²) >= 11 is 1.82. The zero-order valence-corrected chi connectivity index (χ0v) is 40.9. The number of hydrogen-bond donors (Lipinski definition) is 0. The quantitative estimate of drug-likeness (QED) is 0.165. The molecule has 0 fully saturated rings. The average Bonchev–Trinajstić information content (AvgIpc) is 4.11. The Hall–Kier alpha value is -8.60. The van der Waals surface area contributed by atoms with Crippen molar-refractivity contribution >= 4 is 100 Å². The molecule has 342 valence electrons. The van der Waals surface area contributed by atoms with Crippen LogP contribution < -0.4 is 15.9 Å². The molecular formula is C67H41N2O2PS. The Morgan fingerprint density at radius 1 is 0.356 bits per heavy atom. The van der Waals surface area contributed by atoms with E-state index in [1.807, 2.05) is 54.2 Å². The van der Waals surface area contributed by atoms with Gasteiger partial charge in [0.05, 0.1) is 27.5 Å². The first-order chi connectivity index (χ1) is 36.1. The van der Waals surface area contributed by atoms with Crippen molar-refractivity contribution in [1.29, 1.82) is 0 Å². The lowest BCUT2D eigenvalue weighted by atomic mass is 9.64. The third kappa shape index (κ3) is 5.56. The van der Waals surface area contributed by atoms with Gasteiger partial charge in [-0.2, -0.15) is 0 Å². The Morgan fingerprint density at radius 3 is 1.64 bits per heavy atom. The van der Waals surface area contributed by atoms with Gasteiger partial charge in [-0.05, 0) is 118 Å². The molecule has 0 N–H and O–H groups in total. The zero-order valence-electron chi connectivity index (χ0n) is 39.2. The molecule has 0 aliphatic carbocycles. The molecule has 5 heterocycles. The summed E-state index contributed by atoms with van der Waals surface area (Å²) in [5.41, 5.74) is 14.5. The van der Waals surface area contributed by atoms with Crippen molar-refractivity contribution in [3.05, 3.63) is 271 Å². The van der Waals surface area contributed by atoms with Crippen LogP contribution in [-0.2, 0) is 9.98 Å². The summed E-state index contributed by atoms with van der Waals surface area (Å²) < 4.78 is 28.1. The van der Waals surface area contributed by atoms with Crippen molar-refractivity contribution in [3.8, 4) is 22.5 Å². The molecule has 6 heteroatoms. The highest BCUT2D eigenvalue weighted by Gasteiger charge is 2.54. The van der Waals surface area contributed by atoms with Crippen molar-refractivity contribution in [3.63, 3.8) is 0 Å². The second kappa shape index (κ2) is 15.2. The summed E-state index contributed by atoms with van der Waals surface area (Å²) in [5.74, 6) is 0. The molecule has 11 aromatic carbocycles. The third-order valence-electron chi connectivity index (χ3n) is 15.8. The van der Waals surface area contributed by atoms with Gasteiger partial charge in [0.2, 0.25) is 0 Å². The molecular weight excluding hydrogens is 928 g/mol. The molecule has 0 saturated heterocycles. The first-order valence-electron chi connectivity index (χ1n) is 24.8. The van der Waals surface area contributed by atoms with Crippen molar-refractivity contribution in [2.45, 2.75) is 15.2 Å². The van der Waals surface area contributed by atoms with E-state index >= 15 is 4.57 Å². The Morgan fingerprint density at radius 2 is 0.918 bits per heavy atom. The van der Waals surface area contributed by atoms with Crippen molar-refractivity contribution < 1.29 is 8.98 Å². The maximum atomic E-state index is 16.7. The number of furan rings is 1. The fourth-order valence-corrected chi connectivity index (χ4v) is 17.2. The van der Waals surface area contributed by atoms with Crippen LogP contribution in [0.2, 0.25) is 0 Å². The number of fused-ring (bicyclic) bond motifs is 17. The Bertz CT molecular complexity index is 4700. The first kappa shape index (κ1) is 41.1. The lowest BCUT2D eigenvalue weighted by Gasteiger charge is -2.47. The third-order valence-corrected chi connectivity index (χ3v) is 20.1. The van der Waals surface area contributed by atoms with Gasteiger partial charge in [-0.25, -0.2) is 0 Å². The number of aromatic nitrogens is 2. The van der Waals surface area contributed by atoms with Gasteiger partial charge < -0.3 is 18.1 Å². The molecule has 2 atom stereocenters. The second-order valence-corrected chi connectivity index (χ2v) is 23.2. The molecule has 16 rings (SSSR count). The average molecular weight is 969 g/mol. The molecule has 3 aromatic heterocycles. The predicted molar refractivity (Wildman–Crippen MR) is 303 cm³/mol. The highest BCUT2D eigenvalue weighted by Crippen LogP contribution is 2.62. The van der Waals surface area contributed by atoms with E-state index in [4.69, 9.17) is 4.42 Å². The largest absolute Gasteiger partial charge is 0.456 e. The Kier molecular flexibility index (Phi) is 8.56. The minimum absolute atomic E-state index is 0.741. The van der Waals surface area contributed by atoms with Gasteiger partial charge in [0.1, 0.15) is 11.2 Å². The number of hydrogen-bond acceptors (Lipinski definition) is 3. The highest BCUT2D eigenvalue weighted by molar-refractivity contribution is 7.99. The number of rotatable bonds is 4. The van der Waals surface area contributed by atoms with E-state index in [0.29, 0.717) is 0 Å². The Labute approximate surface area is 424 Å². The van der Waals surface area contributed by atoms with Gasteiger partial charge in [0.25, 0.3) is 0 Å². The van der Waals surface area contributed by atoms with E-state index < -0.39 is 12.6 Å². The second-order valence-electron chi connectivity index (χ2n) is 19.5. The van der Waals surface area contributed by atoms with Gasteiger partial charge in [0.15, 0.2) is 7.14 Å². The molecule has 73 heavy (non-hydrogen) atoms. The van der Waals surface area contributed by atoms with Crippen molar-refractivity contribution in [2.75, 3.05) is 0 Å². The van der Waals surface area contributed by atoms with Gasteiger partial charge >= 0.3 is 0 Å². The van der Waals surface area contributed by atoms with E-state index in [2.05, 4.69) is 215 Å². The summed E-state index contributed by atoms with van der Waals surface area (Å²) in [6.45, 7) is 0. The standard InChI is InChI=1S/C67H41N2O2PS/c70-72(46-19-5-2-6-20-46)63-29-15-10-24-53(63)67(56-40-52-49-23-9-14-28-61(49)71-62(52)41-64(56)72)54-25-11-16-30-65(54)73-66-39-45(33-34-55(66)67)69-58-27-13-8-22-48(58)51-38-43(32-36-60(51)69)42-31-35-59-50(37-42)47-21-7-12-26-57(47)68(59)44-17-3-1-4-18-44/h1-41H. The molecule has 2 aliphatic rings. The first-order valence-corrected chi connectivity index (χ1v) is 27.4. The molecule has 2 aliphatic heterocycles. The van der Waals surface area contributed by atoms with Crippen molar-refractivity contribution in [2.24, 2.45) is 0 Å². The van der Waals surface area contributed by atoms with Crippen LogP contribution in [-0.4, -0.2) is 9.13 Å². The lowest BCUT2D eigenvalue weighted by Crippen LogP contribution is -2.48. The molecule has 0 saturated carbocycles. The van der Waals surface area contributed by atoms with E-state index in [9.17, 15) is 0 Å². The predicted octanol–water partition coefficient (Wildman–Crippen LogP) is 16.2. The van der Waals surface area contributed by atoms with E-state index in [-0.39, 0.29) is 0 Å². The molecule has 4 nitrogen and oxygen atoms in total. The van der Waals surface area contributed by atoms with Crippen LogP contribution >= 0.6 is 18.9 Å². The summed E-state index contributed by atoms with van der Waals surface area (Å²) in [5, 5.41) is 9.44. The molecule has 2 unspecified atom stereocenters. The maximum Gasteiger partial charge on any atom is 0.171 e. The van der Waals surface area contributed by atoms with Gasteiger partial charge in [0, 0.05) is 69.4 Å². The van der Waals surface area contributed by atoms with Crippen LogP contribution in [0.4, 0.5) is 0 Å². The van der Waals surface area contributed by atoms with E-state index in [1.165, 1.54) is 59.7 Å². The molecule has 0 radical (unpaired) electrons. The maximum absolute atomic E-state index is 16.7.